The SMILES string of the molecule is CCCc1ccc(C(F)(F)Oc2cc(F)c(-c3cc(F)c(C#CC(F)(F)F)c(F)c3)c(F)c2)c(F)c1. The van der Waals surface area contributed by atoms with Crippen LogP contribution in [0.25, 0.3) is 11.1 Å². The number of benzene rings is 3. The van der Waals surface area contributed by atoms with Gasteiger partial charge in [0.1, 0.15) is 34.8 Å². The molecule has 0 aliphatic rings. The second-order valence-corrected chi connectivity index (χ2v) is 7.51. The van der Waals surface area contributed by atoms with Gasteiger partial charge in [0.15, 0.2) is 0 Å². The van der Waals surface area contributed by atoms with E-state index in [0.29, 0.717) is 36.5 Å². The van der Waals surface area contributed by atoms with E-state index in [1.54, 1.807) is 6.92 Å². The van der Waals surface area contributed by atoms with Crippen LogP contribution in [-0.4, -0.2) is 6.18 Å². The lowest BCUT2D eigenvalue weighted by Crippen LogP contribution is -2.23. The lowest BCUT2D eigenvalue weighted by Gasteiger charge is -2.20. The zero-order valence-electron chi connectivity index (χ0n) is 18.1. The minimum Gasteiger partial charge on any atom is -0.429 e. The van der Waals surface area contributed by atoms with Crippen LogP contribution in [0.2, 0.25) is 0 Å². The highest BCUT2D eigenvalue weighted by molar-refractivity contribution is 5.67. The van der Waals surface area contributed by atoms with Crippen molar-refractivity contribution in [1.29, 1.82) is 0 Å². The van der Waals surface area contributed by atoms with Crippen LogP contribution in [0.4, 0.5) is 43.9 Å². The molecule has 0 atom stereocenters. The van der Waals surface area contributed by atoms with E-state index in [1.165, 1.54) is 12.0 Å². The van der Waals surface area contributed by atoms with Gasteiger partial charge >= 0.3 is 12.3 Å². The summed E-state index contributed by atoms with van der Waals surface area (Å²) in [5.41, 5.74) is -3.89. The maximum atomic E-state index is 14.6. The number of hydrogen-bond acceptors (Lipinski definition) is 1. The Bertz CT molecular complexity index is 1300. The minimum absolute atomic E-state index is 0.281. The Morgan fingerprint density at radius 2 is 1.33 bits per heavy atom. The average molecular weight is 520 g/mol. The number of alkyl halides is 5. The topological polar surface area (TPSA) is 9.23 Å². The molecule has 3 aromatic rings. The van der Waals surface area contributed by atoms with Gasteiger partial charge in [-0.05, 0) is 41.8 Å². The monoisotopic (exact) mass is 520 g/mol. The van der Waals surface area contributed by atoms with Gasteiger partial charge in [-0.15, -0.1) is 0 Å². The van der Waals surface area contributed by atoms with E-state index >= 15 is 0 Å². The highest BCUT2D eigenvalue weighted by Crippen LogP contribution is 2.37. The smallest absolute Gasteiger partial charge is 0.429 e. The molecule has 0 aliphatic carbocycles. The molecule has 0 unspecified atom stereocenters. The lowest BCUT2D eigenvalue weighted by atomic mass is 10.0. The standard InChI is InChI=1S/C25H14F10O/c1-2-3-13-4-5-17(20(28)8-13)25(34,35)36-15-11-21(29)23(22(30)12-15)14-9-18(26)16(19(27)10-14)6-7-24(31,32)33/h4-5,8-12H,2-3H2,1H3. The molecular formula is C25H14F10O. The highest BCUT2D eigenvalue weighted by atomic mass is 19.4. The van der Waals surface area contributed by atoms with Gasteiger partial charge in [0.25, 0.3) is 0 Å². The molecule has 0 spiro atoms. The van der Waals surface area contributed by atoms with Crippen molar-refractivity contribution in [3.63, 3.8) is 0 Å². The van der Waals surface area contributed by atoms with Crippen LogP contribution in [0.3, 0.4) is 0 Å². The summed E-state index contributed by atoms with van der Waals surface area (Å²) in [6.07, 6.45) is -8.33. The first kappa shape index (κ1) is 26.9. The van der Waals surface area contributed by atoms with Crippen molar-refractivity contribution in [3.05, 3.63) is 88.2 Å². The summed E-state index contributed by atoms with van der Waals surface area (Å²) in [5, 5.41) is 0. The normalized spacial score (nSPS) is 11.8. The molecule has 0 bridgehead atoms. The van der Waals surface area contributed by atoms with Gasteiger partial charge in [-0.25, -0.2) is 22.0 Å². The summed E-state index contributed by atoms with van der Waals surface area (Å²) in [4.78, 5) is 0. The average Bonchev–Trinajstić information content (AvgIpc) is 2.71. The van der Waals surface area contributed by atoms with Crippen LogP contribution in [0, 0.1) is 40.9 Å². The fourth-order valence-corrected chi connectivity index (χ4v) is 3.30. The molecule has 0 saturated heterocycles. The number of ether oxygens (including phenoxy) is 1. The van der Waals surface area contributed by atoms with Gasteiger partial charge in [0.05, 0.1) is 16.7 Å². The van der Waals surface area contributed by atoms with Gasteiger partial charge in [-0.1, -0.05) is 25.3 Å². The Kier molecular flexibility index (Phi) is 7.57. The lowest BCUT2D eigenvalue weighted by molar-refractivity contribution is -0.187. The van der Waals surface area contributed by atoms with Crippen molar-refractivity contribution in [3.8, 4) is 28.7 Å². The molecule has 0 saturated carbocycles. The predicted molar refractivity (Wildman–Crippen MR) is 110 cm³/mol. The van der Waals surface area contributed by atoms with Crippen LogP contribution >= 0.6 is 0 Å². The third-order valence-electron chi connectivity index (χ3n) is 4.81. The summed E-state index contributed by atoms with van der Waals surface area (Å²) >= 11 is 0. The number of rotatable bonds is 6. The van der Waals surface area contributed by atoms with Crippen molar-refractivity contribution in [2.24, 2.45) is 0 Å². The molecule has 0 N–H and O–H groups in total. The molecule has 1 nitrogen and oxygen atoms in total. The fraction of sp³-hybridized carbons (Fsp3) is 0.200. The molecule has 11 heteroatoms. The third-order valence-corrected chi connectivity index (χ3v) is 4.81. The Labute approximate surface area is 198 Å². The van der Waals surface area contributed by atoms with Gasteiger partial charge in [-0.2, -0.15) is 22.0 Å². The summed E-state index contributed by atoms with van der Waals surface area (Å²) in [6.45, 7) is 1.80. The first-order chi connectivity index (χ1) is 16.7. The zero-order chi connectivity index (χ0) is 26.8. The molecule has 0 aromatic heterocycles. The van der Waals surface area contributed by atoms with Crippen molar-refractivity contribution in [2.75, 3.05) is 0 Å². The summed E-state index contributed by atoms with van der Waals surface area (Å²) < 4.78 is 142. The van der Waals surface area contributed by atoms with Crippen LogP contribution in [0.5, 0.6) is 5.75 Å². The fourth-order valence-electron chi connectivity index (χ4n) is 3.30. The maximum absolute atomic E-state index is 14.6. The Hall–Kier alpha value is -3.68. The van der Waals surface area contributed by atoms with Crippen molar-refractivity contribution in [2.45, 2.75) is 32.1 Å². The van der Waals surface area contributed by atoms with E-state index in [1.807, 2.05) is 0 Å². The highest BCUT2D eigenvalue weighted by Gasteiger charge is 2.38. The molecule has 0 amide bonds. The molecule has 0 aliphatic heterocycles. The molecular weight excluding hydrogens is 506 g/mol. The van der Waals surface area contributed by atoms with E-state index in [4.69, 9.17) is 0 Å². The van der Waals surface area contributed by atoms with E-state index < -0.39 is 69.4 Å². The second-order valence-electron chi connectivity index (χ2n) is 7.51. The quantitative estimate of drug-likeness (QED) is 0.236. The molecule has 190 valence electrons. The maximum Gasteiger partial charge on any atom is 0.458 e. The van der Waals surface area contributed by atoms with E-state index in [0.717, 1.165) is 12.1 Å². The molecule has 36 heavy (non-hydrogen) atoms. The van der Waals surface area contributed by atoms with E-state index in [9.17, 15) is 43.9 Å². The molecule has 0 heterocycles. The molecule has 3 aromatic carbocycles. The van der Waals surface area contributed by atoms with Gasteiger partial charge in [0.2, 0.25) is 0 Å². The van der Waals surface area contributed by atoms with E-state index in [2.05, 4.69) is 4.74 Å². The van der Waals surface area contributed by atoms with Crippen molar-refractivity contribution >= 4 is 0 Å². The first-order valence-electron chi connectivity index (χ1n) is 10.2. The number of halogens is 10. The largest absolute Gasteiger partial charge is 0.458 e. The molecule has 3 rings (SSSR count). The Morgan fingerprint density at radius 1 is 0.750 bits per heavy atom. The number of hydrogen-bond donors (Lipinski definition) is 0. The van der Waals surface area contributed by atoms with Crippen LogP contribution in [0.15, 0.2) is 42.5 Å². The first-order valence-corrected chi connectivity index (χ1v) is 10.2. The predicted octanol–water partition coefficient (Wildman–Crippen LogP) is 8.04. The number of aryl methyl sites for hydroxylation is 1. The minimum atomic E-state index is -5.05. The van der Waals surface area contributed by atoms with Crippen LogP contribution in [0.1, 0.15) is 30.0 Å². The van der Waals surface area contributed by atoms with Gasteiger partial charge < -0.3 is 4.74 Å². The second kappa shape index (κ2) is 10.1. The molecule has 0 fully saturated rings. The third kappa shape index (κ3) is 6.11. The summed E-state index contributed by atoms with van der Waals surface area (Å²) in [6, 6.07) is 4.12. The Balaban J connectivity index is 1.95. The van der Waals surface area contributed by atoms with Crippen LogP contribution in [-0.2, 0) is 12.5 Å². The summed E-state index contributed by atoms with van der Waals surface area (Å²) in [5.74, 6) is -6.92. The Morgan fingerprint density at radius 3 is 1.83 bits per heavy atom. The molecule has 0 radical (unpaired) electrons. The van der Waals surface area contributed by atoms with Crippen LogP contribution < -0.4 is 4.74 Å². The summed E-state index contributed by atoms with van der Waals surface area (Å²) in [7, 11) is 0. The van der Waals surface area contributed by atoms with E-state index in [-0.39, 0.29) is 12.1 Å². The zero-order valence-corrected chi connectivity index (χ0v) is 18.1. The van der Waals surface area contributed by atoms with Crippen molar-refractivity contribution < 1.29 is 48.6 Å². The van der Waals surface area contributed by atoms with Gasteiger partial charge in [-0.3, -0.25) is 0 Å². The van der Waals surface area contributed by atoms with Gasteiger partial charge in [0, 0.05) is 18.1 Å². The van der Waals surface area contributed by atoms with Crippen molar-refractivity contribution in [1.82, 2.24) is 0 Å².